The Morgan fingerprint density at radius 2 is 1.45 bits per heavy atom. The molecule has 0 heterocycles. The second kappa shape index (κ2) is 10.4. The van der Waals surface area contributed by atoms with Crippen molar-refractivity contribution in [3.63, 3.8) is 0 Å². The summed E-state index contributed by atoms with van der Waals surface area (Å²) in [7, 11) is 0. The van der Waals surface area contributed by atoms with E-state index in [2.05, 4.69) is 0 Å². The summed E-state index contributed by atoms with van der Waals surface area (Å²) in [6.45, 7) is 4.08. The van der Waals surface area contributed by atoms with Crippen molar-refractivity contribution in [2.24, 2.45) is 0 Å². The van der Waals surface area contributed by atoms with Crippen molar-refractivity contribution in [3.8, 4) is 0 Å². The molecule has 0 bridgehead atoms. The van der Waals surface area contributed by atoms with Crippen LogP contribution in [0.2, 0.25) is 12.6 Å². The first-order valence-corrected chi connectivity index (χ1v) is 7.47. The smallest absolute Gasteiger partial charge is 0.361 e. The Bertz CT molecular complexity index is 551. The Morgan fingerprint density at radius 3 is 1.86 bits per heavy atom. The van der Waals surface area contributed by atoms with E-state index in [0.29, 0.717) is 5.56 Å². The highest BCUT2D eigenvalue weighted by Gasteiger charge is 2.16. The summed E-state index contributed by atoms with van der Waals surface area (Å²) in [4.78, 5) is 21.6. The van der Waals surface area contributed by atoms with E-state index in [-0.39, 0.29) is 12.9 Å². The van der Waals surface area contributed by atoms with Crippen molar-refractivity contribution in [2.45, 2.75) is 26.5 Å². The maximum Gasteiger partial charge on any atom is 0.361 e. The molecule has 0 aromatic heterocycles. The minimum absolute atomic E-state index is 0.0442. The van der Waals surface area contributed by atoms with Crippen LogP contribution in [0.15, 0.2) is 60.7 Å². The highest BCUT2D eigenvalue weighted by molar-refractivity contribution is 6.53. The third-order valence-electron chi connectivity index (χ3n) is 3.13. The summed E-state index contributed by atoms with van der Waals surface area (Å²) in [6, 6.07) is 18.2. The molecule has 0 atom stereocenters. The molecule has 2 aromatic carbocycles. The van der Waals surface area contributed by atoms with Crippen molar-refractivity contribution in [1.82, 2.24) is 0 Å². The molecule has 0 aliphatic carbocycles. The van der Waals surface area contributed by atoms with Crippen LogP contribution in [0.5, 0.6) is 0 Å². The largest absolute Gasteiger partial charge is 0.533 e. The second-order valence-corrected chi connectivity index (χ2v) is 4.74. The second-order valence-electron chi connectivity index (χ2n) is 4.74. The fraction of sp³-hybridized carbons (Fsp3) is 0.222. The summed E-state index contributed by atoms with van der Waals surface area (Å²) in [5, 5.41) is 0. The van der Waals surface area contributed by atoms with E-state index in [9.17, 15) is 9.59 Å². The number of carbonyl (C=O) groups is 2. The molecule has 114 valence electrons. The summed E-state index contributed by atoms with van der Waals surface area (Å²) in [6.07, 6.45) is 2.57. The van der Waals surface area contributed by atoms with Gasteiger partial charge in [0.25, 0.3) is 0 Å². The quantitative estimate of drug-likeness (QED) is 0.607. The molecule has 0 amide bonds. The molecule has 0 N–H and O–H groups in total. The Balaban J connectivity index is 0.000000255. The average Bonchev–Trinajstić information content (AvgIpc) is 2.61. The zero-order valence-electron chi connectivity index (χ0n) is 13.1. The van der Waals surface area contributed by atoms with Gasteiger partial charge in [-0.2, -0.15) is 0 Å². The molecule has 0 saturated carbocycles. The summed E-state index contributed by atoms with van der Waals surface area (Å²) >= 11 is 0. The molecule has 2 rings (SSSR count). The Morgan fingerprint density at radius 1 is 0.955 bits per heavy atom. The molecule has 0 fully saturated rings. The van der Waals surface area contributed by atoms with Gasteiger partial charge in [0, 0.05) is 5.56 Å². The minimum Gasteiger partial charge on any atom is -0.533 e. The fourth-order valence-electron chi connectivity index (χ4n) is 1.78. The normalized spacial score (nSPS) is 9.18. The van der Waals surface area contributed by atoms with Gasteiger partial charge in [0.15, 0.2) is 0 Å². The topological polar surface area (TPSA) is 43.4 Å². The molecule has 0 aliphatic heterocycles. The van der Waals surface area contributed by atoms with Crippen LogP contribution in [0.1, 0.15) is 34.6 Å². The molecule has 0 spiro atoms. The predicted octanol–water partition coefficient (Wildman–Crippen LogP) is 4.37. The SMILES string of the molecule is CCB(CC)OC(=O)c1ccccc1.O=Cc1ccccc1. The summed E-state index contributed by atoms with van der Waals surface area (Å²) < 4.78 is 5.30. The lowest BCUT2D eigenvalue weighted by molar-refractivity contribution is 0.0730. The summed E-state index contributed by atoms with van der Waals surface area (Å²) in [5.41, 5.74) is 1.35. The van der Waals surface area contributed by atoms with E-state index in [1.54, 1.807) is 24.3 Å². The first kappa shape index (κ1) is 17.7. The number of aldehydes is 1. The standard InChI is InChI=1S/C11H15BO2.C7H6O/c1-3-12(4-2)14-11(13)10-8-6-5-7-9-10;8-6-7-4-2-1-3-5-7/h5-9H,3-4H2,1-2H3;1-6H. The van der Waals surface area contributed by atoms with Gasteiger partial charge in [0.2, 0.25) is 0 Å². The van der Waals surface area contributed by atoms with Gasteiger partial charge in [-0.3, -0.25) is 4.79 Å². The minimum atomic E-state index is -0.223. The van der Waals surface area contributed by atoms with Crippen molar-refractivity contribution in [3.05, 3.63) is 71.8 Å². The van der Waals surface area contributed by atoms with Crippen LogP contribution < -0.4 is 0 Å². The van der Waals surface area contributed by atoms with Crippen LogP contribution in [0.25, 0.3) is 0 Å². The molecule has 4 heteroatoms. The van der Waals surface area contributed by atoms with Crippen LogP contribution in [0, 0.1) is 0 Å². The van der Waals surface area contributed by atoms with Gasteiger partial charge in [0.1, 0.15) is 6.29 Å². The van der Waals surface area contributed by atoms with Crippen LogP contribution in [0.3, 0.4) is 0 Å². The van der Waals surface area contributed by atoms with Gasteiger partial charge < -0.3 is 4.65 Å². The van der Waals surface area contributed by atoms with Gasteiger partial charge in [-0.1, -0.05) is 62.4 Å². The molecule has 0 aliphatic rings. The first-order valence-electron chi connectivity index (χ1n) is 7.47. The molecule has 3 nitrogen and oxygen atoms in total. The van der Waals surface area contributed by atoms with Crippen molar-refractivity contribution >= 4 is 19.2 Å². The Labute approximate surface area is 132 Å². The van der Waals surface area contributed by atoms with E-state index in [1.807, 2.05) is 50.2 Å². The van der Waals surface area contributed by atoms with Gasteiger partial charge in [0.05, 0.1) is 5.56 Å². The van der Waals surface area contributed by atoms with Crippen molar-refractivity contribution in [2.75, 3.05) is 0 Å². The van der Waals surface area contributed by atoms with Crippen LogP contribution >= 0.6 is 0 Å². The van der Waals surface area contributed by atoms with Gasteiger partial charge in [-0.25, -0.2) is 4.79 Å². The van der Waals surface area contributed by atoms with E-state index in [0.717, 1.165) is 24.5 Å². The van der Waals surface area contributed by atoms with E-state index >= 15 is 0 Å². The van der Waals surface area contributed by atoms with E-state index in [1.165, 1.54) is 0 Å². The number of rotatable bonds is 5. The zero-order valence-corrected chi connectivity index (χ0v) is 13.1. The third-order valence-corrected chi connectivity index (χ3v) is 3.13. The number of benzene rings is 2. The molecule has 0 unspecified atom stereocenters. The molecule has 0 saturated heterocycles. The monoisotopic (exact) mass is 296 g/mol. The lowest BCUT2D eigenvalue weighted by Gasteiger charge is -2.10. The fourth-order valence-corrected chi connectivity index (χ4v) is 1.78. The molecule has 22 heavy (non-hydrogen) atoms. The summed E-state index contributed by atoms with van der Waals surface area (Å²) in [5.74, 6) is -0.223. The Kier molecular flexibility index (Phi) is 8.35. The Hall–Kier alpha value is -2.36. The molecule has 0 radical (unpaired) electrons. The van der Waals surface area contributed by atoms with E-state index in [4.69, 9.17) is 4.65 Å². The highest BCUT2D eigenvalue weighted by atomic mass is 16.5. The van der Waals surface area contributed by atoms with Crippen LogP contribution in [-0.4, -0.2) is 19.2 Å². The van der Waals surface area contributed by atoms with E-state index < -0.39 is 0 Å². The van der Waals surface area contributed by atoms with Crippen molar-refractivity contribution in [1.29, 1.82) is 0 Å². The van der Waals surface area contributed by atoms with Crippen LogP contribution in [0.4, 0.5) is 0 Å². The number of hydrogen-bond acceptors (Lipinski definition) is 3. The maximum absolute atomic E-state index is 11.6. The predicted molar refractivity (Wildman–Crippen MR) is 90.4 cm³/mol. The average molecular weight is 296 g/mol. The number of carbonyl (C=O) groups excluding carboxylic acids is 2. The highest BCUT2D eigenvalue weighted by Crippen LogP contribution is 2.06. The molecular formula is C18H21BO3. The van der Waals surface area contributed by atoms with Gasteiger partial charge in [-0.15, -0.1) is 0 Å². The lowest BCUT2D eigenvalue weighted by Crippen LogP contribution is -2.20. The van der Waals surface area contributed by atoms with Crippen LogP contribution in [-0.2, 0) is 4.65 Å². The van der Waals surface area contributed by atoms with Gasteiger partial charge >= 0.3 is 12.9 Å². The van der Waals surface area contributed by atoms with Crippen molar-refractivity contribution < 1.29 is 14.2 Å². The number of hydrogen-bond donors (Lipinski definition) is 0. The molecular weight excluding hydrogens is 275 g/mol. The van der Waals surface area contributed by atoms with Gasteiger partial charge in [-0.05, 0) is 24.8 Å². The lowest BCUT2D eigenvalue weighted by atomic mass is 9.62. The molecule has 2 aromatic rings. The maximum atomic E-state index is 11.6. The zero-order chi connectivity index (χ0) is 16.2. The first-order chi connectivity index (χ1) is 10.7. The third kappa shape index (κ3) is 6.40.